The second kappa shape index (κ2) is 19.2. The van der Waals surface area contributed by atoms with Crippen molar-refractivity contribution in [2.45, 2.75) is 111 Å². The molecule has 3 aliphatic rings. The molecule has 3 aliphatic heterocycles. The van der Waals surface area contributed by atoms with Crippen molar-refractivity contribution in [3.8, 4) is 0 Å². The number of hydrogen-bond acceptors (Lipinski definition) is 24. The number of nitrogens with one attached hydrogen (secondary N) is 2. The summed E-state index contributed by atoms with van der Waals surface area (Å²) in [5.41, 5.74) is 4.42. The molecule has 324 valence electrons. The summed E-state index contributed by atoms with van der Waals surface area (Å²) < 4.78 is 44.1. The van der Waals surface area contributed by atoms with E-state index in [4.69, 9.17) is 24.7 Å². The largest absolute Gasteiger partial charge is 0.756 e. The number of aliphatic hydroxyl groups is 9. The number of carboxylic acids is 1. The van der Waals surface area contributed by atoms with Crippen LogP contribution in [0.5, 0.6) is 0 Å². The molecule has 4 rings (SSSR count). The third-order valence-corrected chi connectivity index (χ3v) is 10.1. The third-order valence-electron chi connectivity index (χ3n) is 9.14. The normalized spacial score (nSPS) is 36.5. The molecule has 28 heteroatoms. The Kier molecular flexibility index (Phi) is 15.6. The molecule has 27 nitrogen and oxygen atoms in total. The highest BCUT2D eigenvalue weighted by Crippen LogP contribution is 2.48. The van der Waals surface area contributed by atoms with Crippen LogP contribution in [-0.2, 0) is 46.9 Å². The van der Waals surface area contributed by atoms with E-state index in [1.54, 1.807) is 6.92 Å². The van der Waals surface area contributed by atoms with Crippen LogP contribution < -0.4 is 32.1 Å². The highest BCUT2D eigenvalue weighted by molar-refractivity contribution is 7.45. The first-order valence-corrected chi connectivity index (χ1v) is 18.6. The Morgan fingerprint density at radius 3 is 2.35 bits per heavy atom. The van der Waals surface area contributed by atoms with Crippen molar-refractivity contribution in [3.05, 3.63) is 22.7 Å². The number of hydrogen-bond donors (Lipinski definition) is 12. The summed E-state index contributed by atoms with van der Waals surface area (Å²) in [5.74, 6) is -8.38. The van der Waals surface area contributed by atoms with Crippen molar-refractivity contribution in [2.24, 2.45) is 0 Å². The van der Waals surface area contributed by atoms with Gasteiger partial charge in [-0.05, 0) is 12.5 Å². The van der Waals surface area contributed by atoms with Gasteiger partial charge in [-0.15, -0.1) is 0 Å². The summed E-state index contributed by atoms with van der Waals surface area (Å²) in [6.07, 6.45) is -23.6. The molecule has 0 spiro atoms. The first-order chi connectivity index (χ1) is 26.6. The zero-order valence-corrected chi connectivity index (χ0v) is 30.6. The maximum Gasteiger partial charge on any atom is 0.351 e. The van der Waals surface area contributed by atoms with Gasteiger partial charge < -0.3 is 101 Å². The predicted molar refractivity (Wildman–Crippen MR) is 174 cm³/mol. The summed E-state index contributed by atoms with van der Waals surface area (Å²) in [7, 11) is -5.97. The fourth-order valence-electron chi connectivity index (χ4n) is 6.08. The van der Waals surface area contributed by atoms with Gasteiger partial charge in [0.05, 0.1) is 38.0 Å². The molecule has 4 heterocycles. The molecule has 1 aromatic heterocycles. The number of anilines is 1. The van der Waals surface area contributed by atoms with E-state index in [0.717, 1.165) is 16.8 Å². The van der Waals surface area contributed by atoms with Crippen molar-refractivity contribution in [1.82, 2.24) is 20.2 Å². The Labute approximate surface area is 320 Å². The average Bonchev–Trinajstić information content (AvgIpc) is 3.43. The maximum absolute atomic E-state index is 12.9. The third kappa shape index (κ3) is 10.8. The molecule has 16 atom stereocenters. The van der Waals surface area contributed by atoms with E-state index in [2.05, 4.69) is 24.7 Å². The van der Waals surface area contributed by atoms with Crippen LogP contribution in [0, 0.1) is 0 Å². The van der Waals surface area contributed by atoms with E-state index < -0.39 is 156 Å². The number of carboxylic acid groups (broad SMARTS) is 1. The number of aromatic nitrogens is 2. The van der Waals surface area contributed by atoms with Crippen LogP contribution in [0.15, 0.2) is 17.1 Å². The number of nitrogens with two attached hydrogens (primary N) is 1. The fraction of sp³-hybridized carbons (Fsp3) is 0.759. The minimum Gasteiger partial charge on any atom is -0.756 e. The van der Waals surface area contributed by atoms with Gasteiger partial charge in [0.15, 0.2) is 12.5 Å². The van der Waals surface area contributed by atoms with Gasteiger partial charge in [-0.2, -0.15) is 4.98 Å². The lowest BCUT2D eigenvalue weighted by Crippen LogP contribution is -2.70. The van der Waals surface area contributed by atoms with Crippen molar-refractivity contribution in [1.29, 1.82) is 0 Å². The number of aliphatic hydroxyl groups excluding tert-OH is 9. The smallest absolute Gasteiger partial charge is 0.351 e. The second-order valence-corrected chi connectivity index (χ2v) is 14.5. The number of ether oxygens (including phenoxy) is 4. The highest BCUT2D eigenvalue weighted by atomic mass is 31.2. The molecule has 0 saturated carbocycles. The first-order valence-electron chi connectivity index (χ1n) is 17.1. The van der Waals surface area contributed by atoms with E-state index in [1.165, 1.54) is 0 Å². The molecule has 57 heavy (non-hydrogen) atoms. The molecule has 0 aliphatic carbocycles. The fourth-order valence-corrected chi connectivity index (χ4v) is 7.02. The van der Waals surface area contributed by atoms with Crippen LogP contribution in [0.1, 0.15) is 26.0 Å². The zero-order chi connectivity index (χ0) is 42.6. The molecule has 0 radical (unpaired) electrons. The van der Waals surface area contributed by atoms with Crippen LogP contribution in [0.25, 0.3) is 0 Å². The van der Waals surface area contributed by atoms with E-state index in [1.807, 2.05) is 0 Å². The van der Waals surface area contributed by atoms with Gasteiger partial charge >= 0.3 is 5.69 Å². The lowest BCUT2D eigenvalue weighted by atomic mass is 9.88. The summed E-state index contributed by atoms with van der Waals surface area (Å²) in [4.78, 5) is 66.1. The predicted octanol–water partition coefficient (Wildman–Crippen LogP) is -9.91. The van der Waals surface area contributed by atoms with E-state index in [-0.39, 0.29) is 12.2 Å². The van der Waals surface area contributed by atoms with E-state index >= 15 is 0 Å². The van der Waals surface area contributed by atoms with Gasteiger partial charge in [-0.25, -0.2) is 4.79 Å². The molecule has 3 fully saturated rings. The monoisotopic (exact) mass is 845 g/mol. The zero-order valence-electron chi connectivity index (χ0n) is 29.7. The highest BCUT2D eigenvalue weighted by Gasteiger charge is 2.54. The van der Waals surface area contributed by atoms with Crippen LogP contribution in [-0.4, -0.2) is 185 Å². The van der Waals surface area contributed by atoms with Crippen molar-refractivity contribution in [3.63, 3.8) is 0 Å². The average molecular weight is 846 g/mol. The van der Waals surface area contributed by atoms with Crippen molar-refractivity contribution < 1.29 is 103 Å². The number of nitrogens with zero attached hydrogens (tertiary/aromatic N) is 2. The summed E-state index contributed by atoms with van der Waals surface area (Å²) in [6.45, 7) is -2.52. The lowest BCUT2D eigenvalue weighted by Gasteiger charge is -2.50. The molecule has 13 N–H and O–H groups in total. The summed E-state index contributed by atoms with van der Waals surface area (Å²) in [6, 6.07) is -0.758. The first kappa shape index (κ1) is 46.4. The minimum absolute atomic E-state index is 0.185. The van der Waals surface area contributed by atoms with Gasteiger partial charge in [-0.3, -0.25) is 23.2 Å². The van der Waals surface area contributed by atoms with Crippen molar-refractivity contribution >= 4 is 31.4 Å². The van der Waals surface area contributed by atoms with Crippen molar-refractivity contribution in [2.75, 3.05) is 32.1 Å². The second-order valence-electron chi connectivity index (χ2n) is 13.2. The number of amides is 2. The molecule has 3 saturated heterocycles. The van der Waals surface area contributed by atoms with Gasteiger partial charge in [0.1, 0.15) is 73.3 Å². The molecule has 0 bridgehead atoms. The molecule has 0 aromatic carbocycles. The summed E-state index contributed by atoms with van der Waals surface area (Å²) in [5, 5.41) is 109. The van der Waals surface area contributed by atoms with Crippen LogP contribution in [0.4, 0.5) is 5.82 Å². The standard InChI is InChI=1S/C29H46N5O22P/c1-2-12-19(41)21(43)23(45)26(54-12)51-9-16(39)31-6-15(38)33-17-10(36)5-29(27(46)47,55-24(17)18(40)11(37)7-35)56-57(49,50)52-8-13-20(42)22(44)25(53-13)34-4-3-14(30)32-28(34)48/h3-4,10-13,17-26,35-37,40-45H,2,5-9H2,1H3,(H,31,39)(H,33,38)(H,46,47)(H,49,50)(H2,30,32,48)/p-2/t10?,11-,12?,13?,17?,18-,19-,20?,21+,22?,23?,24?,25?,26+,29?/m1/s1. The molecule has 11 unspecified atom stereocenters. The van der Waals surface area contributed by atoms with E-state index in [0.29, 0.717) is 0 Å². The summed E-state index contributed by atoms with van der Waals surface area (Å²) >= 11 is 0. The Morgan fingerprint density at radius 2 is 1.74 bits per heavy atom. The lowest BCUT2D eigenvalue weighted by molar-refractivity contribution is -0.377. The molecular formula is C29H44N5O22P-2. The molecule has 2 amide bonds. The Hall–Kier alpha value is -3.32. The van der Waals surface area contributed by atoms with Gasteiger partial charge in [-0.1, -0.05) is 6.92 Å². The number of phosphoric ester groups is 1. The Bertz CT molecular complexity index is 1670. The number of nitrogen functional groups attached to an aromatic ring is 1. The maximum atomic E-state index is 12.9. The molecular weight excluding hydrogens is 801 g/mol. The SMILES string of the molecule is CCC1O[C@H](OCC(=O)NCC(=O)NC2C(O)CC(OP(=O)([O-])OCC3OC(n4ccc(N)nc4=O)C(O)C3O)(C(=O)[O-])OC2[C@H](O)[C@H](O)CO)C(O)[C@@H](O)[C@@H]1O. The number of carbonyl (C=O) groups excluding carboxylic acids is 3. The minimum atomic E-state index is -5.97. The van der Waals surface area contributed by atoms with Crippen LogP contribution >= 0.6 is 7.82 Å². The number of rotatable bonds is 17. The van der Waals surface area contributed by atoms with Gasteiger partial charge in [0.25, 0.3) is 7.82 Å². The van der Waals surface area contributed by atoms with Gasteiger partial charge in [0.2, 0.25) is 17.6 Å². The number of aliphatic carboxylic acids is 1. The number of phosphoric acid groups is 1. The van der Waals surface area contributed by atoms with Gasteiger partial charge in [0, 0.05) is 12.6 Å². The molecule has 1 aromatic rings. The number of carbonyl (C=O) groups is 3. The van der Waals surface area contributed by atoms with Crippen LogP contribution in [0.3, 0.4) is 0 Å². The Morgan fingerprint density at radius 1 is 1.07 bits per heavy atom. The quantitative estimate of drug-likeness (QED) is 0.0648. The van der Waals surface area contributed by atoms with Crippen LogP contribution in [0.2, 0.25) is 0 Å². The Balaban J connectivity index is 1.40. The topological polar surface area (TPSA) is 437 Å². The van der Waals surface area contributed by atoms with E-state index in [9.17, 15) is 79.7 Å².